The van der Waals surface area contributed by atoms with Crippen LogP contribution in [0.1, 0.15) is 24.8 Å². The Morgan fingerprint density at radius 1 is 1.15 bits per heavy atom. The molecule has 2 atom stereocenters. The van der Waals surface area contributed by atoms with Gasteiger partial charge in [0.2, 0.25) is 0 Å². The molecule has 152 valence electrons. The molecule has 6 heteroatoms. The molecule has 0 spiro atoms. The van der Waals surface area contributed by atoms with E-state index < -0.39 is 0 Å². The van der Waals surface area contributed by atoms with Crippen LogP contribution in [0.15, 0.2) is 18.3 Å². The Hall–Kier alpha value is -1.21. The van der Waals surface area contributed by atoms with Crippen LogP contribution in [0.3, 0.4) is 0 Å². The molecule has 0 aromatic carbocycles. The summed E-state index contributed by atoms with van der Waals surface area (Å²) in [5.41, 5.74) is 1.29. The number of likely N-dealkylation sites (N-methyl/N-ethyl adjacent to an activating group) is 1. The van der Waals surface area contributed by atoms with Gasteiger partial charge >= 0.3 is 0 Å². The van der Waals surface area contributed by atoms with Crippen LogP contribution in [0, 0.1) is 5.92 Å². The fraction of sp³-hybridized carbons (Fsp3) is 0.762. The van der Waals surface area contributed by atoms with Gasteiger partial charge in [-0.3, -0.25) is 9.80 Å². The number of aliphatic hydroxyl groups is 1. The number of piperidine rings is 1. The van der Waals surface area contributed by atoms with Crippen molar-refractivity contribution < 1.29 is 5.11 Å². The number of hydrogen-bond donors (Lipinski definition) is 1. The molecule has 1 aromatic heterocycles. The maximum Gasteiger partial charge on any atom is 0.127 e. The molecule has 27 heavy (non-hydrogen) atoms. The summed E-state index contributed by atoms with van der Waals surface area (Å²) in [6.07, 6.45) is 5.30. The van der Waals surface area contributed by atoms with Crippen molar-refractivity contribution in [3.63, 3.8) is 0 Å². The van der Waals surface area contributed by atoms with Crippen LogP contribution < -0.4 is 4.90 Å². The van der Waals surface area contributed by atoms with Crippen molar-refractivity contribution in [3.05, 3.63) is 23.9 Å². The third kappa shape index (κ3) is 5.64. The van der Waals surface area contributed by atoms with Crippen molar-refractivity contribution >= 4 is 5.82 Å². The van der Waals surface area contributed by atoms with Crippen molar-refractivity contribution in [2.75, 3.05) is 71.9 Å². The predicted octanol–water partition coefficient (Wildman–Crippen LogP) is 1.36. The van der Waals surface area contributed by atoms with Gasteiger partial charge in [0.1, 0.15) is 5.82 Å². The Balaban J connectivity index is 1.59. The second kappa shape index (κ2) is 9.82. The minimum absolute atomic E-state index is 0.307. The lowest BCUT2D eigenvalue weighted by atomic mass is 9.86. The van der Waals surface area contributed by atoms with Gasteiger partial charge in [-0.15, -0.1) is 0 Å². The maximum atomic E-state index is 9.35. The van der Waals surface area contributed by atoms with E-state index >= 15 is 0 Å². The van der Waals surface area contributed by atoms with Crippen molar-refractivity contribution in [3.8, 4) is 0 Å². The topological polar surface area (TPSA) is 46.1 Å². The highest BCUT2D eigenvalue weighted by Gasteiger charge is 2.33. The molecule has 2 saturated heterocycles. The molecule has 1 aromatic rings. The van der Waals surface area contributed by atoms with Gasteiger partial charge in [0, 0.05) is 72.2 Å². The lowest BCUT2D eigenvalue weighted by Gasteiger charge is -2.46. The van der Waals surface area contributed by atoms with E-state index in [1.165, 1.54) is 38.2 Å². The number of hydrogen-bond acceptors (Lipinski definition) is 6. The number of nitrogens with zero attached hydrogens (tertiary/aromatic N) is 5. The zero-order valence-corrected chi connectivity index (χ0v) is 17.3. The number of rotatable bonds is 7. The normalized spacial score (nSPS) is 25.6. The van der Waals surface area contributed by atoms with E-state index in [1.807, 2.05) is 25.2 Å². The summed E-state index contributed by atoms with van der Waals surface area (Å²) in [6.45, 7) is 8.30. The largest absolute Gasteiger partial charge is 0.396 e. The zero-order valence-electron chi connectivity index (χ0n) is 17.3. The van der Waals surface area contributed by atoms with E-state index in [0.717, 1.165) is 38.3 Å². The molecular formula is C21H37N5O. The molecule has 0 radical (unpaired) electrons. The van der Waals surface area contributed by atoms with Crippen LogP contribution >= 0.6 is 0 Å². The van der Waals surface area contributed by atoms with E-state index in [1.54, 1.807) is 0 Å². The highest BCUT2D eigenvalue weighted by Crippen LogP contribution is 2.28. The molecule has 2 aliphatic rings. The van der Waals surface area contributed by atoms with Crippen LogP contribution in [0.25, 0.3) is 0 Å². The number of anilines is 1. The third-order valence-electron chi connectivity index (χ3n) is 6.19. The first kappa shape index (κ1) is 20.5. The first-order valence-corrected chi connectivity index (χ1v) is 10.4. The Kier molecular flexibility index (Phi) is 7.47. The third-order valence-corrected chi connectivity index (χ3v) is 6.19. The molecule has 3 rings (SSSR count). The molecule has 0 bridgehead atoms. The monoisotopic (exact) mass is 375 g/mol. The molecular weight excluding hydrogens is 338 g/mol. The van der Waals surface area contributed by atoms with Gasteiger partial charge in [-0.2, -0.15) is 0 Å². The van der Waals surface area contributed by atoms with E-state index in [0.29, 0.717) is 18.6 Å². The van der Waals surface area contributed by atoms with Crippen molar-refractivity contribution in [2.24, 2.45) is 5.92 Å². The van der Waals surface area contributed by atoms with Gasteiger partial charge < -0.3 is 14.9 Å². The second-order valence-electron chi connectivity index (χ2n) is 8.48. The summed E-state index contributed by atoms with van der Waals surface area (Å²) >= 11 is 0. The quantitative estimate of drug-likeness (QED) is 0.776. The second-order valence-corrected chi connectivity index (χ2v) is 8.48. The summed E-state index contributed by atoms with van der Waals surface area (Å²) in [6, 6.07) is 4.99. The Morgan fingerprint density at radius 2 is 1.93 bits per heavy atom. The molecule has 1 N–H and O–H groups in total. The molecule has 3 heterocycles. The van der Waals surface area contributed by atoms with Crippen molar-refractivity contribution in [1.82, 2.24) is 19.7 Å². The van der Waals surface area contributed by atoms with E-state index in [9.17, 15) is 5.11 Å². The number of aliphatic hydroxyl groups excluding tert-OH is 1. The van der Waals surface area contributed by atoms with Crippen LogP contribution in [-0.4, -0.2) is 97.9 Å². The van der Waals surface area contributed by atoms with Gasteiger partial charge in [0.05, 0.1) is 0 Å². The molecule has 0 saturated carbocycles. The lowest BCUT2D eigenvalue weighted by Crippen LogP contribution is -2.56. The fourth-order valence-electron chi connectivity index (χ4n) is 4.54. The Bertz CT molecular complexity index is 556. The van der Waals surface area contributed by atoms with E-state index in [4.69, 9.17) is 0 Å². The lowest BCUT2D eigenvalue weighted by molar-refractivity contribution is 0.0211. The van der Waals surface area contributed by atoms with E-state index in [2.05, 4.69) is 38.9 Å². The highest BCUT2D eigenvalue weighted by molar-refractivity contribution is 5.37. The van der Waals surface area contributed by atoms with Gasteiger partial charge in [0.25, 0.3) is 0 Å². The first-order chi connectivity index (χ1) is 13.1. The summed E-state index contributed by atoms with van der Waals surface area (Å²) in [4.78, 5) is 14.3. The number of aromatic nitrogens is 1. The van der Waals surface area contributed by atoms with Crippen molar-refractivity contribution in [2.45, 2.75) is 31.8 Å². The Morgan fingerprint density at radius 3 is 2.56 bits per heavy atom. The Labute approximate surface area is 164 Å². The predicted molar refractivity (Wildman–Crippen MR) is 111 cm³/mol. The standard InChI is InChI=1S/C21H37N5O/c1-23(2)21-7-6-18(15-22-21)16-25-9-8-20(19(17-25)5-4-14-27)26-12-10-24(3)11-13-26/h6-7,15,19-20,27H,4-5,8-14,16-17H2,1-3H3/t19-,20+/m1/s1. The molecule has 0 amide bonds. The van der Waals surface area contributed by atoms with Crippen molar-refractivity contribution in [1.29, 1.82) is 0 Å². The first-order valence-electron chi connectivity index (χ1n) is 10.4. The molecule has 0 aliphatic carbocycles. The van der Waals surface area contributed by atoms with Gasteiger partial charge in [-0.05, 0) is 50.4 Å². The smallest absolute Gasteiger partial charge is 0.127 e. The van der Waals surface area contributed by atoms with Crippen LogP contribution in [-0.2, 0) is 6.54 Å². The summed E-state index contributed by atoms with van der Waals surface area (Å²) in [5, 5.41) is 9.35. The van der Waals surface area contributed by atoms with Gasteiger partial charge in [-0.25, -0.2) is 4.98 Å². The molecule has 2 fully saturated rings. The van der Waals surface area contributed by atoms with Gasteiger partial charge in [-0.1, -0.05) is 6.07 Å². The SMILES string of the molecule is CN1CCN([C@H]2CCN(Cc3ccc(N(C)C)nc3)C[C@H]2CCCO)CC1. The summed E-state index contributed by atoms with van der Waals surface area (Å²) in [7, 11) is 6.27. The highest BCUT2D eigenvalue weighted by atomic mass is 16.2. The van der Waals surface area contributed by atoms with Gasteiger partial charge in [0.15, 0.2) is 0 Å². The average molecular weight is 376 g/mol. The maximum absolute atomic E-state index is 9.35. The van der Waals surface area contributed by atoms with Crippen LogP contribution in [0.4, 0.5) is 5.82 Å². The minimum Gasteiger partial charge on any atom is -0.396 e. The van der Waals surface area contributed by atoms with E-state index in [-0.39, 0.29) is 0 Å². The zero-order chi connectivity index (χ0) is 19.2. The molecule has 6 nitrogen and oxygen atoms in total. The number of piperazine rings is 1. The minimum atomic E-state index is 0.307. The average Bonchev–Trinajstić information content (AvgIpc) is 2.68. The summed E-state index contributed by atoms with van der Waals surface area (Å²) < 4.78 is 0. The summed E-state index contributed by atoms with van der Waals surface area (Å²) in [5.74, 6) is 1.66. The fourth-order valence-corrected chi connectivity index (χ4v) is 4.54. The number of pyridine rings is 1. The molecule has 0 unspecified atom stereocenters. The number of likely N-dealkylation sites (tertiary alicyclic amines) is 1. The van der Waals surface area contributed by atoms with Crippen LogP contribution in [0.5, 0.6) is 0 Å². The van der Waals surface area contributed by atoms with Crippen LogP contribution in [0.2, 0.25) is 0 Å². The molecule has 2 aliphatic heterocycles.